The van der Waals surface area contributed by atoms with Crippen LogP contribution in [0.5, 0.6) is 0 Å². The Hall–Kier alpha value is -1.40. The van der Waals surface area contributed by atoms with E-state index in [0.29, 0.717) is 5.82 Å². The molecule has 102 valence electrons. The topological polar surface area (TPSA) is 63.8 Å². The maximum absolute atomic E-state index is 9.22. The molecule has 1 N–H and O–H groups in total. The molecule has 0 saturated carbocycles. The van der Waals surface area contributed by atoms with Crippen LogP contribution in [0.15, 0.2) is 29.7 Å². The lowest BCUT2D eigenvalue weighted by atomic mass is 10.2. The first-order chi connectivity index (χ1) is 9.35. The van der Waals surface area contributed by atoms with E-state index in [9.17, 15) is 5.11 Å². The van der Waals surface area contributed by atoms with E-state index in [1.165, 1.54) is 5.56 Å². The highest BCUT2D eigenvalue weighted by Crippen LogP contribution is 2.19. The first-order valence-electron chi connectivity index (χ1n) is 6.39. The third kappa shape index (κ3) is 3.78. The van der Waals surface area contributed by atoms with E-state index < -0.39 is 0 Å². The van der Waals surface area contributed by atoms with Gasteiger partial charge in [0, 0.05) is 24.7 Å². The molecular formula is C13H18N4OS. The molecule has 0 atom stereocenters. The highest BCUT2D eigenvalue weighted by atomic mass is 32.2. The van der Waals surface area contributed by atoms with Crippen molar-refractivity contribution in [1.29, 1.82) is 0 Å². The quantitative estimate of drug-likeness (QED) is 0.784. The van der Waals surface area contributed by atoms with Gasteiger partial charge in [-0.2, -0.15) is 0 Å². The average Bonchev–Trinajstić information content (AvgIpc) is 2.83. The summed E-state index contributed by atoms with van der Waals surface area (Å²) in [5, 5.41) is 18.3. The van der Waals surface area contributed by atoms with Crippen LogP contribution in [0.3, 0.4) is 0 Å². The van der Waals surface area contributed by atoms with Gasteiger partial charge in [0.1, 0.15) is 6.61 Å². The summed E-state index contributed by atoms with van der Waals surface area (Å²) in [5.74, 6) is 1.59. The van der Waals surface area contributed by atoms with Crippen molar-refractivity contribution in [2.45, 2.75) is 38.1 Å². The standard InChI is InChI=1S/C13H18N4OS/c1-2-8-17-12(10-18)15-16-13(17)19-9-5-11-3-6-14-7-4-11/h3-4,6-7,18H,2,5,8-10H2,1H3. The first-order valence-corrected chi connectivity index (χ1v) is 7.38. The summed E-state index contributed by atoms with van der Waals surface area (Å²) in [7, 11) is 0. The maximum Gasteiger partial charge on any atom is 0.191 e. The smallest absolute Gasteiger partial charge is 0.191 e. The molecule has 2 rings (SSSR count). The molecule has 0 bridgehead atoms. The Morgan fingerprint density at radius 3 is 2.74 bits per heavy atom. The number of hydrogen-bond donors (Lipinski definition) is 1. The number of pyridine rings is 1. The van der Waals surface area contributed by atoms with Gasteiger partial charge < -0.3 is 9.67 Å². The van der Waals surface area contributed by atoms with Crippen LogP contribution in [-0.2, 0) is 19.6 Å². The SMILES string of the molecule is CCCn1c(CO)nnc1SCCc1ccncc1. The van der Waals surface area contributed by atoms with E-state index in [0.717, 1.165) is 30.3 Å². The fraction of sp³-hybridized carbons (Fsp3) is 0.462. The summed E-state index contributed by atoms with van der Waals surface area (Å²) in [6.45, 7) is 2.89. The van der Waals surface area contributed by atoms with Crippen molar-refractivity contribution in [3.63, 3.8) is 0 Å². The molecule has 0 aliphatic carbocycles. The van der Waals surface area contributed by atoms with E-state index in [-0.39, 0.29) is 6.61 Å². The number of thioether (sulfide) groups is 1. The van der Waals surface area contributed by atoms with Gasteiger partial charge in [0.2, 0.25) is 0 Å². The molecule has 0 radical (unpaired) electrons. The van der Waals surface area contributed by atoms with Crippen LogP contribution < -0.4 is 0 Å². The molecule has 2 heterocycles. The summed E-state index contributed by atoms with van der Waals surface area (Å²) in [4.78, 5) is 4.00. The van der Waals surface area contributed by atoms with Gasteiger partial charge in [-0.1, -0.05) is 18.7 Å². The van der Waals surface area contributed by atoms with Gasteiger partial charge in [-0.15, -0.1) is 10.2 Å². The number of aliphatic hydroxyl groups excluding tert-OH is 1. The molecule has 0 unspecified atom stereocenters. The predicted molar refractivity (Wildman–Crippen MR) is 74.9 cm³/mol. The third-order valence-electron chi connectivity index (χ3n) is 2.75. The Balaban J connectivity index is 1.94. The molecule has 2 aromatic rings. The van der Waals surface area contributed by atoms with Crippen LogP contribution in [0.25, 0.3) is 0 Å². The summed E-state index contributed by atoms with van der Waals surface area (Å²) in [5.41, 5.74) is 1.27. The lowest BCUT2D eigenvalue weighted by Crippen LogP contribution is -2.05. The molecule has 0 aliphatic rings. The highest BCUT2D eigenvalue weighted by molar-refractivity contribution is 7.99. The van der Waals surface area contributed by atoms with Gasteiger partial charge in [-0.25, -0.2) is 0 Å². The van der Waals surface area contributed by atoms with Crippen LogP contribution in [0, 0.1) is 0 Å². The predicted octanol–water partition coefficient (Wildman–Crippen LogP) is 1.91. The molecule has 0 amide bonds. The summed E-state index contributed by atoms with van der Waals surface area (Å²) < 4.78 is 2.00. The van der Waals surface area contributed by atoms with Gasteiger partial charge in [0.05, 0.1) is 0 Å². The molecule has 2 aromatic heterocycles. The zero-order valence-electron chi connectivity index (χ0n) is 11.0. The number of aliphatic hydroxyl groups is 1. The Morgan fingerprint density at radius 2 is 2.05 bits per heavy atom. The van der Waals surface area contributed by atoms with Crippen molar-refractivity contribution in [3.05, 3.63) is 35.9 Å². The average molecular weight is 278 g/mol. The fourth-order valence-electron chi connectivity index (χ4n) is 1.80. The highest BCUT2D eigenvalue weighted by Gasteiger charge is 2.10. The van der Waals surface area contributed by atoms with Crippen LogP contribution in [0.2, 0.25) is 0 Å². The Morgan fingerprint density at radius 1 is 1.26 bits per heavy atom. The van der Waals surface area contributed by atoms with Crippen LogP contribution in [0.4, 0.5) is 0 Å². The Kier molecular flexibility index (Phi) is 5.35. The van der Waals surface area contributed by atoms with E-state index in [2.05, 4.69) is 22.1 Å². The second-order valence-corrected chi connectivity index (χ2v) is 5.22. The number of rotatable bonds is 7. The van der Waals surface area contributed by atoms with Gasteiger partial charge in [-0.3, -0.25) is 4.98 Å². The van der Waals surface area contributed by atoms with Crippen LogP contribution in [0.1, 0.15) is 24.7 Å². The zero-order valence-corrected chi connectivity index (χ0v) is 11.8. The number of aromatic nitrogens is 4. The van der Waals surface area contributed by atoms with Crippen molar-refractivity contribution < 1.29 is 5.11 Å². The first kappa shape index (κ1) is 14.0. The van der Waals surface area contributed by atoms with E-state index >= 15 is 0 Å². The molecular weight excluding hydrogens is 260 g/mol. The third-order valence-corrected chi connectivity index (χ3v) is 3.72. The molecule has 0 aromatic carbocycles. The van der Waals surface area contributed by atoms with E-state index in [1.54, 1.807) is 11.8 Å². The summed E-state index contributed by atoms with van der Waals surface area (Å²) in [6.07, 6.45) is 5.59. The monoisotopic (exact) mass is 278 g/mol. The molecule has 6 heteroatoms. The lowest BCUT2D eigenvalue weighted by molar-refractivity contribution is 0.263. The molecule has 0 aliphatic heterocycles. The van der Waals surface area contributed by atoms with Gasteiger partial charge >= 0.3 is 0 Å². The number of aryl methyl sites for hydroxylation is 1. The van der Waals surface area contributed by atoms with E-state index in [4.69, 9.17) is 0 Å². The van der Waals surface area contributed by atoms with Crippen molar-refractivity contribution in [2.24, 2.45) is 0 Å². The number of nitrogens with zero attached hydrogens (tertiary/aromatic N) is 4. The largest absolute Gasteiger partial charge is 0.388 e. The molecule has 19 heavy (non-hydrogen) atoms. The minimum absolute atomic E-state index is 0.0576. The van der Waals surface area contributed by atoms with Crippen molar-refractivity contribution in [2.75, 3.05) is 5.75 Å². The molecule has 0 spiro atoms. The van der Waals surface area contributed by atoms with Crippen molar-refractivity contribution in [3.8, 4) is 0 Å². The fourth-order valence-corrected chi connectivity index (χ4v) is 2.77. The van der Waals surface area contributed by atoms with Crippen LogP contribution >= 0.6 is 11.8 Å². The summed E-state index contributed by atoms with van der Waals surface area (Å²) >= 11 is 1.68. The van der Waals surface area contributed by atoms with Gasteiger partial charge in [0.15, 0.2) is 11.0 Å². The van der Waals surface area contributed by atoms with Crippen molar-refractivity contribution >= 4 is 11.8 Å². The van der Waals surface area contributed by atoms with Crippen LogP contribution in [-0.4, -0.2) is 30.6 Å². The zero-order chi connectivity index (χ0) is 13.5. The molecule has 5 nitrogen and oxygen atoms in total. The second kappa shape index (κ2) is 7.25. The molecule has 0 fully saturated rings. The van der Waals surface area contributed by atoms with Crippen molar-refractivity contribution in [1.82, 2.24) is 19.7 Å². The van der Waals surface area contributed by atoms with E-state index in [1.807, 2.05) is 29.1 Å². The van der Waals surface area contributed by atoms with Gasteiger partial charge in [0.25, 0.3) is 0 Å². The number of hydrogen-bond acceptors (Lipinski definition) is 5. The lowest BCUT2D eigenvalue weighted by Gasteiger charge is -2.07. The Bertz CT molecular complexity index is 501. The Labute approximate surface area is 117 Å². The van der Waals surface area contributed by atoms with Gasteiger partial charge in [-0.05, 0) is 30.5 Å². The minimum Gasteiger partial charge on any atom is -0.388 e. The summed E-state index contributed by atoms with van der Waals surface area (Å²) in [6, 6.07) is 4.05. The minimum atomic E-state index is -0.0576. The maximum atomic E-state index is 9.22. The molecule has 0 saturated heterocycles. The second-order valence-electron chi connectivity index (χ2n) is 4.16. The normalized spacial score (nSPS) is 10.8.